The van der Waals surface area contributed by atoms with Gasteiger partial charge in [-0.3, -0.25) is 0 Å². The summed E-state index contributed by atoms with van der Waals surface area (Å²) in [6.07, 6.45) is 0. The summed E-state index contributed by atoms with van der Waals surface area (Å²) < 4.78 is 10.9. The lowest BCUT2D eigenvalue weighted by Gasteiger charge is -2.12. The number of anilines is 1. The predicted molar refractivity (Wildman–Crippen MR) is 106 cm³/mol. The van der Waals surface area contributed by atoms with Crippen LogP contribution in [0.2, 0.25) is 0 Å². The van der Waals surface area contributed by atoms with Gasteiger partial charge in [-0.25, -0.2) is 10.2 Å². The summed E-state index contributed by atoms with van der Waals surface area (Å²) in [5.41, 5.74) is 9.76. The van der Waals surface area contributed by atoms with Gasteiger partial charge in [-0.1, -0.05) is 42.0 Å². The van der Waals surface area contributed by atoms with E-state index in [-0.39, 0.29) is 0 Å². The van der Waals surface area contributed by atoms with Crippen molar-refractivity contribution >= 4 is 11.7 Å². The van der Waals surface area contributed by atoms with Crippen LogP contribution < -0.4 is 20.3 Å². The van der Waals surface area contributed by atoms with Crippen molar-refractivity contribution in [3.63, 3.8) is 0 Å². The third kappa shape index (κ3) is 5.09. The Morgan fingerprint density at radius 3 is 2.48 bits per heavy atom. The molecule has 0 spiro atoms. The van der Waals surface area contributed by atoms with E-state index in [4.69, 9.17) is 9.47 Å². The van der Waals surface area contributed by atoms with E-state index in [1.54, 1.807) is 25.3 Å². The molecule has 0 radical (unpaired) electrons. The van der Waals surface area contributed by atoms with Crippen molar-refractivity contribution in [1.29, 1.82) is 0 Å². The fraction of sp³-hybridized carbons (Fsp3) is 0.136. The fourth-order valence-electron chi connectivity index (χ4n) is 2.61. The lowest BCUT2D eigenvalue weighted by molar-refractivity contribution is 0.0729. The highest BCUT2D eigenvalue weighted by molar-refractivity contribution is 5.91. The van der Waals surface area contributed by atoms with E-state index in [9.17, 15) is 4.79 Å². The highest BCUT2D eigenvalue weighted by Gasteiger charge is 2.13. The molecule has 138 valence electrons. The van der Waals surface area contributed by atoms with Crippen molar-refractivity contribution in [1.82, 2.24) is 5.43 Å². The molecule has 0 atom stereocenters. The molecule has 0 aliphatic heterocycles. The zero-order chi connectivity index (χ0) is 19.1. The monoisotopic (exact) mass is 362 g/mol. The van der Waals surface area contributed by atoms with Gasteiger partial charge in [-0.05, 0) is 48.9 Å². The van der Waals surface area contributed by atoms with E-state index in [0.29, 0.717) is 23.6 Å². The maximum Gasteiger partial charge on any atom is 0.343 e. The molecule has 0 unspecified atom stereocenters. The molecule has 0 fully saturated rings. The number of aryl methyl sites for hydroxylation is 1. The number of hydrazine groups is 1. The molecule has 0 saturated heterocycles. The molecule has 0 bridgehead atoms. The number of esters is 1. The minimum absolute atomic E-state index is 0.392. The standard InChI is InChI=1S/C22H22N2O3/c1-16-7-6-8-18(13-16)22(25)27-20-12-11-17(14-21(20)26-2)15-23-24-19-9-4-3-5-10-19/h3-14,23-24H,15H2,1-2H3. The lowest BCUT2D eigenvalue weighted by Crippen LogP contribution is -2.20. The Hall–Kier alpha value is -3.31. The van der Waals surface area contributed by atoms with Crippen LogP contribution in [0.5, 0.6) is 11.5 Å². The van der Waals surface area contributed by atoms with E-state index in [2.05, 4.69) is 10.9 Å². The summed E-state index contributed by atoms with van der Waals surface area (Å²) in [4.78, 5) is 12.3. The number of carbonyl (C=O) groups excluding carboxylic acids is 1. The zero-order valence-electron chi connectivity index (χ0n) is 15.4. The Morgan fingerprint density at radius 1 is 0.926 bits per heavy atom. The predicted octanol–water partition coefficient (Wildman–Crippen LogP) is 4.34. The van der Waals surface area contributed by atoms with Gasteiger partial charge in [-0.15, -0.1) is 0 Å². The molecule has 3 aromatic rings. The van der Waals surface area contributed by atoms with Crippen molar-refractivity contribution in [2.24, 2.45) is 0 Å². The highest BCUT2D eigenvalue weighted by atomic mass is 16.6. The average molecular weight is 362 g/mol. The first-order chi connectivity index (χ1) is 13.2. The molecule has 0 heterocycles. The van der Waals surface area contributed by atoms with E-state index >= 15 is 0 Å². The minimum atomic E-state index is -0.409. The van der Waals surface area contributed by atoms with Crippen molar-refractivity contribution in [3.05, 3.63) is 89.5 Å². The molecule has 27 heavy (non-hydrogen) atoms. The molecule has 0 aliphatic carbocycles. The number of benzene rings is 3. The summed E-state index contributed by atoms with van der Waals surface area (Å²) in [5.74, 6) is 0.493. The summed E-state index contributed by atoms with van der Waals surface area (Å²) in [6, 6.07) is 22.6. The van der Waals surface area contributed by atoms with Crippen molar-refractivity contribution in [2.75, 3.05) is 12.5 Å². The maximum absolute atomic E-state index is 12.3. The number of nitrogens with one attached hydrogen (secondary N) is 2. The topological polar surface area (TPSA) is 59.6 Å². The second-order valence-corrected chi connectivity index (χ2v) is 6.09. The number of para-hydroxylation sites is 1. The number of carbonyl (C=O) groups is 1. The number of rotatable bonds is 7. The van der Waals surface area contributed by atoms with Gasteiger partial charge in [0.15, 0.2) is 11.5 Å². The second kappa shape index (κ2) is 8.87. The van der Waals surface area contributed by atoms with Crippen LogP contribution in [0.25, 0.3) is 0 Å². The van der Waals surface area contributed by atoms with E-state index in [0.717, 1.165) is 16.8 Å². The molecular formula is C22H22N2O3. The van der Waals surface area contributed by atoms with Crippen LogP contribution in [0.4, 0.5) is 5.69 Å². The molecule has 3 aromatic carbocycles. The van der Waals surface area contributed by atoms with Gasteiger partial charge in [0.25, 0.3) is 0 Å². The summed E-state index contributed by atoms with van der Waals surface area (Å²) in [6.45, 7) is 2.51. The Balaban J connectivity index is 1.64. The molecular weight excluding hydrogens is 340 g/mol. The fourth-order valence-corrected chi connectivity index (χ4v) is 2.61. The van der Waals surface area contributed by atoms with E-state index in [1.165, 1.54) is 0 Å². The highest BCUT2D eigenvalue weighted by Crippen LogP contribution is 2.29. The molecule has 5 nitrogen and oxygen atoms in total. The van der Waals surface area contributed by atoms with Crippen LogP contribution in [0, 0.1) is 6.92 Å². The molecule has 0 amide bonds. The van der Waals surface area contributed by atoms with Gasteiger partial charge in [0.05, 0.1) is 12.7 Å². The third-order valence-electron chi connectivity index (χ3n) is 3.98. The van der Waals surface area contributed by atoms with Gasteiger partial charge in [-0.2, -0.15) is 0 Å². The summed E-state index contributed by atoms with van der Waals surface area (Å²) in [7, 11) is 1.55. The van der Waals surface area contributed by atoms with E-state index < -0.39 is 5.97 Å². The SMILES string of the molecule is COc1cc(CNNc2ccccc2)ccc1OC(=O)c1cccc(C)c1. The van der Waals surface area contributed by atoms with Crippen molar-refractivity contribution in [3.8, 4) is 11.5 Å². The largest absolute Gasteiger partial charge is 0.493 e. The average Bonchev–Trinajstić information content (AvgIpc) is 2.69. The first kappa shape index (κ1) is 18.5. The quantitative estimate of drug-likeness (QED) is 0.372. The van der Waals surface area contributed by atoms with Crippen LogP contribution in [-0.4, -0.2) is 13.1 Å². The summed E-state index contributed by atoms with van der Waals surface area (Å²) >= 11 is 0. The van der Waals surface area contributed by atoms with Gasteiger partial charge in [0.2, 0.25) is 0 Å². The van der Waals surface area contributed by atoms with Gasteiger partial charge < -0.3 is 14.9 Å². The van der Waals surface area contributed by atoms with Crippen LogP contribution >= 0.6 is 0 Å². The third-order valence-corrected chi connectivity index (χ3v) is 3.98. The molecule has 0 aromatic heterocycles. The summed E-state index contributed by atoms with van der Waals surface area (Å²) in [5, 5.41) is 0. The van der Waals surface area contributed by atoms with E-state index in [1.807, 2.05) is 61.5 Å². The van der Waals surface area contributed by atoms with Crippen molar-refractivity contribution in [2.45, 2.75) is 13.5 Å². The van der Waals surface area contributed by atoms with Crippen LogP contribution in [0.1, 0.15) is 21.5 Å². The van der Waals surface area contributed by atoms with Crippen LogP contribution in [0.15, 0.2) is 72.8 Å². The Bertz CT molecular complexity index is 910. The number of hydrogen-bond acceptors (Lipinski definition) is 5. The normalized spacial score (nSPS) is 10.3. The second-order valence-electron chi connectivity index (χ2n) is 6.09. The minimum Gasteiger partial charge on any atom is -0.493 e. The number of methoxy groups -OCH3 is 1. The number of ether oxygens (including phenoxy) is 2. The molecule has 3 rings (SSSR count). The number of hydrogen-bond donors (Lipinski definition) is 2. The maximum atomic E-state index is 12.3. The molecule has 0 aliphatic rings. The zero-order valence-corrected chi connectivity index (χ0v) is 15.4. The van der Waals surface area contributed by atoms with Crippen LogP contribution in [0.3, 0.4) is 0 Å². The first-order valence-corrected chi connectivity index (χ1v) is 8.65. The van der Waals surface area contributed by atoms with Crippen molar-refractivity contribution < 1.29 is 14.3 Å². The van der Waals surface area contributed by atoms with Crippen LogP contribution in [-0.2, 0) is 6.54 Å². The van der Waals surface area contributed by atoms with Gasteiger partial charge in [0.1, 0.15) is 0 Å². The molecule has 2 N–H and O–H groups in total. The Morgan fingerprint density at radius 2 is 1.74 bits per heavy atom. The Kier molecular flexibility index (Phi) is 6.07. The lowest BCUT2D eigenvalue weighted by atomic mass is 10.1. The smallest absolute Gasteiger partial charge is 0.343 e. The molecule has 0 saturated carbocycles. The van der Waals surface area contributed by atoms with Gasteiger partial charge in [0, 0.05) is 12.2 Å². The first-order valence-electron chi connectivity index (χ1n) is 8.65. The molecule has 5 heteroatoms. The van der Waals surface area contributed by atoms with Gasteiger partial charge >= 0.3 is 5.97 Å². The Labute approximate surface area is 158 Å².